The second kappa shape index (κ2) is 12.7. The van der Waals surface area contributed by atoms with E-state index in [0.29, 0.717) is 25.7 Å². The van der Waals surface area contributed by atoms with Crippen molar-refractivity contribution >= 4 is 23.4 Å². The molecule has 2 aliphatic rings. The van der Waals surface area contributed by atoms with Gasteiger partial charge < -0.3 is 10.6 Å². The molecular weight excluding hydrogens is 356 g/mol. The lowest BCUT2D eigenvalue weighted by Crippen LogP contribution is -2.39. The second-order valence-corrected chi connectivity index (χ2v) is 8.29. The summed E-state index contributed by atoms with van der Waals surface area (Å²) in [7, 11) is 0. The molecule has 0 aromatic heterocycles. The van der Waals surface area contributed by atoms with Crippen LogP contribution >= 0.6 is 0 Å². The van der Waals surface area contributed by atoms with Crippen LogP contribution in [0.5, 0.6) is 0 Å². The molecular formula is C22H36N2O4. The molecule has 2 atom stereocenters. The van der Waals surface area contributed by atoms with Gasteiger partial charge in [0.05, 0.1) is 12.1 Å². The summed E-state index contributed by atoms with van der Waals surface area (Å²) in [5.41, 5.74) is 0. The van der Waals surface area contributed by atoms with Crippen LogP contribution in [0.15, 0.2) is 0 Å². The van der Waals surface area contributed by atoms with Crippen LogP contribution in [0.3, 0.4) is 0 Å². The third kappa shape index (κ3) is 8.53. The van der Waals surface area contributed by atoms with Gasteiger partial charge in [-0.25, -0.2) is 0 Å². The lowest BCUT2D eigenvalue weighted by Gasteiger charge is -2.14. The summed E-state index contributed by atoms with van der Waals surface area (Å²) in [6.07, 6.45) is 13.3. The van der Waals surface area contributed by atoms with Crippen LogP contribution in [0, 0.1) is 0 Å². The van der Waals surface area contributed by atoms with Crippen molar-refractivity contribution in [1.29, 1.82) is 0 Å². The van der Waals surface area contributed by atoms with Crippen molar-refractivity contribution in [2.24, 2.45) is 0 Å². The van der Waals surface area contributed by atoms with E-state index in [1.54, 1.807) is 0 Å². The summed E-state index contributed by atoms with van der Waals surface area (Å²) in [6.45, 7) is 0. The number of nitrogens with one attached hydrogen (secondary N) is 2. The Morgan fingerprint density at radius 2 is 1.04 bits per heavy atom. The summed E-state index contributed by atoms with van der Waals surface area (Å²) in [5.74, 6) is 0.361. The van der Waals surface area contributed by atoms with Crippen molar-refractivity contribution in [1.82, 2.24) is 10.6 Å². The van der Waals surface area contributed by atoms with Gasteiger partial charge in [0.15, 0.2) is 11.6 Å². The summed E-state index contributed by atoms with van der Waals surface area (Å²) in [4.78, 5) is 47.5. The van der Waals surface area contributed by atoms with Gasteiger partial charge in [0.1, 0.15) is 0 Å². The summed E-state index contributed by atoms with van der Waals surface area (Å²) in [5, 5.41) is 5.69. The van der Waals surface area contributed by atoms with Crippen LogP contribution in [-0.4, -0.2) is 35.5 Å². The monoisotopic (exact) mass is 392 g/mol. The molecule has 2 aliphatic heterocycles. The molecule has 0 spiro atoms. The third-order valence-corrected chi connectivity index (χ3v) is 5.84. The van der Waals surface area contributed by atoms with Gasteiger partial charge in [-0.1, -0.05) is 38.5 Å². The van der Waals surface area contributed by atoms with Crippen molar-refractivity contribution in [3.05, 3.63) is 0 Å². The summed E-state index contributed by atoms with van der Waals surface area (Å²) < 4.78 is 0. The third-order valence-electron chi connectivity index (χ3n) is 5.84. The van der Waals surface area contributed by atoms with Crippen LogP contribution in [0.4, 0.5) is 0 Å². The van der Waals surface area contributed by atoms with Gasteiger partial charge in [0.25, 0.3) is 0 Å². The highest BCUT2D eigenvalue weighted by Crippen LogP contribution is 2.16. The van der Waals surface area contributed by atoms with Gasteiger partial charge in [-0.05, 0) is 38.5 Å². The molecule has 2 amide bonds. The van der Waals surface area contributed by atoms with Gasteiger partial charge in [-0.15, -0.1) is 0 Å². The Labute approximate surface area is 168 Å². The molecule has 6 heteroatoms. The average Bonchev–Trinajstić information content (AvgIpc) is 3.03. The average molecular weight is 393 g/mol. The highest BCUT2D eigenvalue weighted by atomic mass is 16.2. The number of carbonyl (C=O) groups is 4. The van der Waals surface area contributed by atoms with Crippen molar-refractivity contribution in [3.8, 4) is 0 Å². The largest absolute Gasteiger partial charge is 0.346 e. The molecule has 0 aromatic carbocycles. The van der Waals surface area contributed by atoms with E-state index in [0.717, 1.165) is 77.0 Å². The zero-order chi connectivity index (χ0) is 20.2. The summed E-state index contributed by atoms with van der Waals surface area (Å²) >= 11 is 0. The van der Waals surface area contributed by atoms with E-state index >= 15 is 0 Å². The van der Waals surface area contributed by atoms with Gasteiger partial charge >= 0.3 is 0 Å². The molecule has 2 unspecified atom stereocenters. The molecule has 2 N–H and O–H groups in total. The Morgan fingerprint density at radius 3 is 1.46 bits per heavy atom. The fourth-order valence-electron chi connectivity index (χ4n) is 4.08. The molecule has 0 aliphatic carbocycles. The van der Waals surface area contributed by atoms with Crippen LogP contribution < -0.4 is 10.6 Å². The van der Waals surface area contributed by atoms with Crippen LogP contribution in [0.1, 0.15) is 103 Å². The Bertz CT molecular complexity index is 499. The van der Waals surface area contributed by atoms with E-state index in [1.165, 1.54) is 0 Å². The highest BCUT2D eigenvalue weighted by Gasteiger charge is 2.23. The van der Waals surface area contributed by atoms with E-state index in [1.807, 2.05) is 0 Å². The number of carbonyl (C=O) groups excluding carboxylic acids is 4. The molecule has 2 rings (SSSR count). The second-order valence-electron chi connectivity index (χ2n) is 8.29. The molecule has 158 valence electrons. The first-order valence-corrected chi connectivity index (χ1v) is 11.2. The Hall–Kier alpha value is -1.72. The predicted molar refractivity (Wildman–Crippen MR) is 108 cm³/mol. The quantitative estimate of drug-likeness (QED) is 0.527. The van der Waals surface area contributed by atoms with Crippen LogP contribution in [-0.2, 0) is 19.2 Å². The highest BCUT2D eigenvalue weighted by molar-refractivity contribution is 5.89. The maximum atomic E-state index is 12.2. The van der Waals surface area contributed by atoms with Gasteiger partial charge in [0.2, 0.25) is 11.8 Å². The van der Waals surface area contributed by atoms with Crippen molar-refractivity contribution in [2.45, 2.75) is 115 Å². The molecule has 0 radical (unpaired) electrons. The zero-order valence-corrected chi connectivity index (χ0v) is 17.1. The maximum absolute atomic E-state index is 12.2. The minimum Gasteiger partial charge on any atom is -0.346 e. The van der Waals surface area contributed by atoms with E-state index in [2.05, 4.69) is 10.6 Å². The number of amides is 2. The molecule has 2 heterocycles. The summed E-state index contributed by atoms with van der Waals surface area (Å²) in [6, 6.07) is -0.545. The first kappa shape index (κ1) is 22.6. The fourth-order valence-corrected chi connectivity index (χ4v) is 4.08. The minimum absolute atomic E-state index is 0.00816. The van der Waals surface area contributed by atoms with Gasteiger partial charge in [-0.2, -0.15) is 0 Å². The Balaban J connectivity index is 1.48. The number of hydrogen-bond donors (Lipinski definition) is 2. The Morgan fingerprint density at radius 1 is 0.643 bits per heavy atom. The smallest absolute Gasteiger partial charge is 0.220 e. The molecule has 28 heavy (non-hydrogen) atoms. The molecule has 2 fully saturated rings. The zero-order valence-electron chi connectivity index (χ0n) is 17.1. The lowest BCUT2D eigenvalue weighted by molar-refractivity contribution is -0.127. The molecule has 6 nitrogen and oxygen atoms in total. The first-order valence-electron chi connectivity index (χ1n) is 11.2. The number of rotatable bonds is 11. The SMILES string of the molecule is O=C1CCCCC(C(=O)CCCCCCCCC(=O)C2CCCCC(=O)N2)N1. The van der Waals surface area contributed by atoms with E-state index in [-0.39, 0.29) is 35.5 Å². The van der Waals surface area contributed by atoms with E-state index in [4.69, 9.17) is 0 Å². The fraction of sp³-hybridized carbons (Fsp3) is 0.818. The molecule has 0 aromatic rings. The standard InChI is InChI=1S/C22H36N2O4/c25-19(17-11-7-9-15-21(27)23-17)13-5-3-1-2-4-6-14-20(26)18-12-8-10-16-22(28)24-18/h17-18H,1-16H2,(H,23,27)(H,24,28). The minimum atomic E-state index is -0.273. The lowest BCUT2D eigenvalue weighted by atomic mass is 9.99. The van der Waals surface area contributed by atoms with Gasteiger partial charge in [0, 0.05) is 25.7 Å². The molecule has 0 saturated carbocycles. The van der Waals surface area contributed by atoms with E-state index in [9.17, 15) is 19.2 Å². The van der Waals surface area contributed by atoms with Crippen LogP contribution in [0.2, 0.25) is 0 Å². The number of ketones is 2. The number of unbranched alkanes of at least 4 members (excludes halogenated alkanes) is 5. The maximum Gasteiger partial charge on any atom is 0.220 e. The molecule has 0 bridgehead atoms. The van der Waals surface area contributed by atoms with E-state index < -0.39 is 0 Å². The predicted octanol–water partition coefficient (Wildman–Crippen LogP) is 3.36. The Kier molecular flexibility index (Phi) is 10.2. The first-order chi connectivity index (χ1) is 13.6. The van der Waals surface area contributed by atoms with Crippen molar-refractivity contribution in [3.63, 3.8) is 0 Å². The van der Waals surface area contributed by atoms with Crippen molar-refractivity contribution < 1.29 is 19.2 Å². The topological polar surface area (TPSA) is 92.3 Å². The van der Waals surface area contributed by atoms with Gasteiger partial charge in [-0.3, -0.25) is 19.2 Å². The van der Waals surface area contributed by atoms with Crippen molar-refractivity contribution in [2.75, 3.05) is 0 Å². The molecule has 2 saturated heterocycles. The number of hydrogen-bond acceptors (Lipinski definition) is 4. The number of Topliss-reactive ketones (excluding diaryl/α,β-unsaturated/α-hetero) is 2. The normalized spacial score (nSPS) is 23.3. The van der Waals surface area contributed by atoms with Crippen LogP contribution in [0.25, 0.3) is 0 Å².